The third kappa shape index (κ3) is 5.74. The number of hydrogen-bond donors (Lipinski definition) is 2. The van der Waals surface area contributed by atoms with Crippen molar-refractivity contribution >= 4 is 29.9 Å². The summed E-state index contributed by atoms with van der Waals surface area (Å²) in [5, 5.41) is 6.79. The van der Waals surface area contributed by atoms with Crippen LogP contribution in [0, 0.1) is 5.92 Å². The lowest BCUT2D eigenvalue weighted by Crippen LogP contribution is -2.42. The minimum atomic E-state index is 0. The molecular weight excluding hydrogens is 427 g/mol. The maximum Gasteiger partial charge on any atom is 0.191 e. The van der Waals surface area contributed by atoms with Gasteiger partial charge in [-0.25, -0.2) is 0 Å². The van der Waals surface area contributed by atoms with Crippen molar-refractivity contribution in [2.24, 2.45) is 10.9 Å². The highest BCUT2D eigenvalue weighted by Crippen LogP contribution is 2.27. The van der Waals surface area contributed by atoms with Gasteiger partial charge in [-0.15, -0.1) is 24.0 Å². The zero-order valence-corrected chi connectivity index (χ0v) is 17.7. The van der Waals surface area contributed by atoms with E-state index >= 15 is 0 Å². The van der Waals surface area contributed by atoms with Gasteiger partial charge < -0.3 is 20.3 Å². The first-order valence-corrected chi connectivity index (χ1v) is 9.27. The van der Waals surface area contributed by atoms with E-state index in [0.29, 0.717) is 5.92 Å². The van der Waals surface area contributed by atoms with Crippen LogP contribution in [-0.2, 0) is 6.42 Å². The summed E-state index contributed by atoms with van der Waals surface area (Å²) in [6.45, 7) is 10.4. The molecular formula is C19H31IN4O. The van der Waals surface area contributed by atoms with Gasteiger partial charge in [0.1, 0.15) is 11.9 Å². The second-order valence-corrected chi connectivity index (χ2v) is 6.70. The van der Waals surface area contributed by atoms with Crippen molar-refractivity contribution in [1.29, 1.82) is 0 Å². The van der Waals surface area contributed by atoms with E-state index in [-0.39, 0.29) is 30.1 Å². The topological polar surface area (TPSA) is 48.9 Å². The summed E-state index contributed by atoms with van der Waals surface area (Å²) in [7, 11) is 0. The molecule has 1 aromatic carbocycles. The Morgan fingerprint density at radius 3 is 2.84 bits per heavy atom. The first-order chi connectivity index (χ1) is 11.8. The predicted molar refractivity (Wildman–Crippen MR) is 114 cm³/mol. The zero-order valence-electron chi connectivity index (χ0n) is 15.3. The fourth-order valence-corrected chi connectivity index (χ4v) is 3.49. The Hall–Kier alpha value is -1.02. The van der Waals surface area contributed by atoms with E-state index in [2.05, 4.69) is 41.5 Å². The van der Waals surface area contributed by atoms with Crippen molar-refractivity contribution in [1.82, 2.24) is 15.5 Å². The number of para-hydroxylation sites is 1. The Morgan fingerprint density at radius 1 is 1.28 bits per heavy atom. The Balaban J connectivity index is 0.00000225. The van der Waals surface area contributed by atoms with Crippen molar-refractivity contribution in [3.05, 3.63) is 29.8 Å². The number of likely N-dealkylation sites (tertiary alicyclic amines) is 1. The van der Waals surface area contributed by atoms with Crippen LogP contribution in [-0.4, -0.2) is 56.2 Å². The van der Waals surface area contributed by atoms with Crippen molar-refractivity contribution in [3.8, 4) is 5.75 Å². The normalized spacial score (nSPS) is 22.9. The van der Waals surface area contributed by atoms with Crippen LogP contribution in [0.1, 0.15) is 25.8 Å². The van der Waals surface area contributed by atoms with Gasteiger partial charge >= 0.3 is 0 Å². The molecule has 6 heteroatoms. The first kappa shape index (κ1) is 20.3. The molecule has 0 saturated carbocycles. The van der Waals surface area contributed by atoms with Crippen LogP contribution < -0.4 is 15.4 Å². The van der Waals surface area contributed by atoms with E-state index in [9.17, 15) is 0 Å². The molecule has 2 aliphatic heterocycles. The van der Waals surface area contributed by atoms with Crippen LogP contribution in [0.25, 0.3) is 0 Å². The van der Waals surface area contributed by atoms with Gasteiger partial charge in [-0.3, -0.25) is 4.99 Å². The molecule has 2 N–H and O–H groups in total. The van der Waals surface area contributed by atoms with E-state index in [1.807, 2.05) is 12.1 Å². The molecule has 1 aromatic rings. The van der Waals surface area contributed by atoms with Crippen molar-refractivity contribution in [2.75, 3.05) is 39.3 Å². The summed E-state index contributed by atoms with van der Waals surface area (Å²) in [6, 6.07) is 8.30. The number of rotatable bonds is 6. The van der Waals surface area contributed by atoms with Gasteiger partial charge in [-0.1, -0.05) is 25.1 Å². The van der Waals surface area contributed by atoms with Gasteiger partial charge in [-0.05, 0) is 44.0 Å². The largest absolute Gasteiger partial charge is 0.488 e. The molecule has 1 fully saturated rings. The van der Waals surface area contributed by atoms with Crippen LogP contribution in [0.5, 0.6) is 5.75 Å². The van der Waals surface area contributed by atoms with Crippen LogP contribution in [0.4, 0.5) is 0 Å². The maximum atomic E-state index is 5.99. The van der Waals surface area contributed by atoms with Crippen LogP contribution in [0.2, 0.25) is 0 Å². The van der Waals surface area contributed by atoms with Crippen LogP contribution >= 0.6 is 24.0 Å². The molecule has 5 nitrogen and oxygen atoms in total. The molecule has 2 unspecified atom stereocenters. The second-order valence-electron chi connectivity index (χ2n) is 6.70. The Bertz CT molecular complexity index is 541. The van der Waals surface area contributed by atoms with Crippen LogP contribution in [0.3, 0.4) is 0 Å². The predicted octanol–water partition coefficient (Wildman–Crippen LogP) is 2.51. The monoisotopic (exact) mass is 458 g/mol. The Morgan fingerprint density at radius 2 is 2.12 bits per heavy atom. The smallest absolute Gasteiger partial charge is 0.191 e. The SMILES string of the molecule is CCNC(=NCC1CCN(CC)C1)NCC1Cc2ccccc2O1.I. The second kappa shape index (κ2) is 10.2. The number of hydrogen-bond acceptors (Lipinski definition) is 3. The number of benzene rings is 1. The summed E-state index contributed by atoms with van der Waals surface area (Å²) < 4.78 is 5.99. The third-order valence-electron chi connectivity index (χ3n) is 4.88. The van der Waals surface area contributed by atoms with Gasteiger partial charge in [0.25, 0.3) is 0 Å². The molecule has 25 heavy (non-hydrogen) atoms. The lowest BCUT2D eigenvalue weighted by molar-refractivity contribution is 0.235. The van der Waals surface area contributed by atoms with Gasteiger partial charge in [0.2, 0.25) is 0 Å². The zero-order chi connectivity index (χ0) is 16.8. The van der Waals surface area contributed by atoms with E-state index in [1.54, 1.807) is 0 Å². The molecule has 2 heterocycles. The van der Waals surface area contributed by atoms with E-state index in [0.717, 1.165) is 44.3 Å². The van der Waals surface area contributed by atoms with Gasteiger partial charge in [-0.2, -0.15) is 0 Å². The number of guanidine groups is 1. The molecule has 1 saturated heterocycles. The molecule has 2 aliphatic rings. The molecule has 3 rings (SSSR count). The van der Waals surface area contributed by atoms with Gasteiger partial charge in [0.05, 0.1) is 6.54 Å². The summed E-state index contributed by atoms with van der Waals surface area (Å²) in [5.41, 5.74) is 1.30. The number of fused-ring (bicyclic) bond motifs is 1. The Kier molecular flexibility index (Phi) is 8.29. The molecule has 0 radical (unpaired) electrons. The highest BCUT2D eigenvalue weighted by molar-refractivity contribution is 14.0. The van der Waals surface area contributed by atoms with E-state index in [1.165, 1.54) is 25.1 Å². The minimum absolute atomic E-state index is 0. The van der Waals surface area contributed by atoms with E-state index < -0.39 is 0 Å². The highest BCUT2D eigenvalue weighted by Gasteiger charge is 2.23. The minimum Gasteiger partial charge on any atom is -0.488 e. The van der Waals surface area contributed by atoms with Crippen LogP contribution in [0.15, 0.2) is 29.3 Å². The lowest BCUT2D eigenvalue weighted by atomic mass is 10.1. The van der Waals surface area contributed by atoms with E-state index in [4.69, 9.17) is 9.73 Å². The molecule has 0 spiro atoms. The molecule has 0 bridgehead atoms. The average Bonchev–Trinajstić information content (AvgIpc) is 3.23. The summed E-state index contributed by atoms with van der Waals surface area (Å²) in [4.78, 5) is 7.29. The molecule has 140 valence electrons. The molecule has 0 aliphatic carbocycles. The quantitative estimate of drug-likeness (QED) is 0.391. The fourth-order valence-electron chi connectivity index (χ4n) is 3.49. The summed E-state index contributed by atoms with van der Waals surface area (Å²) >= 11 is 0. The lowest BCUT2D eigenvalue weighted by Gasteiger charge is -2.16. The summed E-state index contributed by atoms with van der Waals surface area (Å²) in [6.07, 6.45) is 2.42. The maximum absolute atomic E-state index is 5.99. The molecule has 0 amide bonds. The van der Waals surface area contributed by atoms with Gasteiger partial charge in [0.15, 0.2) is 5.96 Å². The summed E-state index contributed by atoms with van der Waals surface area (Å²) in [5.74, 6) is 2.62. The van der Waals surface area contributed by atoms with Crippen molar-refractivity contribution in [2.45, 2.75) is 32.8 Å². The molecule has 0 aromatic heterocycles. The third-order valence-corrected chi connectivity index (χ3v) is 4.88. The standard InChI is InChI=1S/C19H30N4O.HI/c1-3-20-19(21-12-15-9-10-23(4-2)14-15)22-13-17-11-16-7-5-6-8-18(16)24-17;/h5-8,15,17H,3-4,9-14H2,1-2H3,(H2,20,21,22);1H. The number of nitrogens with zero attached hydrogens (tertiary/aromatic N) is 2. The first-order valence-electron chi connectivity index (χ1n) is 9.27. The van der Waals surface area contributed by atoms with Crippen molar-refractivity contribution < 1.29 is 4.74 Å². The number of aliphatic imine (C=N–C) groups is 1. The van der Waals surface area contributed by atoms with Crippen molar-refractivity contribution in [3.63, 3.8) is 0 Å². The highest BCUT2D eigenvalue weighted by atomic mass is 127. The Labute approximate surface area is 168 Å². The molecule has 2 atom stereocenters. The number of halogens is 1. The average molecular weight is 458 g/mol. The number of ether oxygens (including phenoxy) is 1. The van der Waals surface area contributed by atoms with Gasteiger partial charge in [0, 0.05) is 26.1 Å². The fraction of sp³-hybridized carbons (Fsp3) is 0.632. The number of nitrogens with one attached hydrogen (secondary N) is 2.